The first-order valence-electron chi connectivity index (χ1n) is 9.47. The van der Waals surface area contributed by atoms with Gasteiger partial charge in [-0.25, -0.2) is 9.78 Å². The van der Waals surface area contributed by atoms with Crippen LogP contribution in [-0.2, 0) is 0 Å². The van der Waals surface area contributed by atoms with E-state index in [1.54, 1.807) is 6.26 Å². The number of nitrogens with zero attached hydrogens (tertiary/aromatic N) is 1. The van der Waals surface area contributed by atoms with Gasteiger partial charge in [0.2, 0.25) is 5.89 Å². The molecule has 0 spiro atoms. The van der Waals surface area contributed by atoms with Crippen LogP contribution in [-0.4, -0.2) is 17.1 Å². The Kier molecular flexibility index (Phi) is 5.19. The summed E-state index contributed by atoms with van der Waals surface area (Å²) < 4.78 is 5.62. The molecule has 138 valence electrons. The van der Waals surface area contributed by atoms with Crippen LogP contribution in [0.4, 0.5) is 10.5 Å². The Morgan fingerprint density at radius 3 is 2.41 bits per heavy atom. The van der Waals surface area contributed by atoms with E-state index in [1.807, 2.05) is 54.6 Å². The minimum absolute atomic E-state index is 0.142. The van der Waals surface area contributed by atoms with Crippen molar-refractivity contribution in [2.75, 3.05) is 5.32 Å². The number of aromatic nitrogens is 1. The van der Waals surface area contributed by atoms with Gasteiger partial charge in [0.05, 0.1) is 0 Å². The van der Waals surface area contributed by atoms with Crippen molar-refractivity contribution in [2.24, 2.45) is 0 Å². The molecule has 1 fully saturated rings. The Balaban J connectivity index is 1.39. The van der Waals surface area contributed by atoms with Crippen LogP contribution in [0.3, 0.4) is 0 Å². The van der Waals surface area contributed by atoms with E-state index in [9.17, 15) is 4.79 Å². The highest BCUT2D eigenvalue weighted by Gasteiger charge is 2.15. The van der Waals surface area contributed by atoms with Gasteiger partial charge in [0.15, 0.2) is 0 Å². The Bertz CT molecular complexity index is 881. The van der Waals surface area contributed by atoms with Crippen molar-refractivity contribution < 1.29 is 9.21 Å². The summed E-state index contributed by atoms with van der Waals surface area (Å²) in [5.41, 5.74) is 3.45. The molecule has 0 bridgehead atoms. The third kappa shape index (κ3) is 4.37. The molecular formula is C22H23N3O2. The largest absolute Gasteiger partial charge is 0.444 e. The maximum absolute atomic E-state index is 12.1. The molecule has 5 heteroatoms. The molecule has 1 aromatic heterocycles. The summed E-state index contributed by atoms with van der Waals surface area (Å²) in [7, 11) is 0. The van der Waals surface area contributed by atoms with Crippen LogP contribution in [0.1, 0.15) is 32.1 Å². The number of hydrogen-bond acceptors (Lipinski definition) is 3. The lowest BCUT2D eigenvalue weighted by Crippen LogP contribution is -2.38. The van der Waals surface area contributed by atoms with Crippen molar-refractivity contribution in [2.45, 2.75) is 38.1 Å². The van der Waals surface area contributed by atoms with E-state index in [-0.39, 0.29) is 6.03 Å². The van der Waals surface area contributed by atoms with Gasteiger partial charge in [0.1, 0.15) is 12.0 Å². The van der Waals surface area contributed by atoms with Gasteiger partial charge in [-0.2, -0.15) is 0 Å². The van der Waals surface area contributed by atoms with Crippen molar-refractivity contribution in [1.82, 2.24) is 10.3 Å². The molecule has 2 N–H and O–H groups in total. The lowest BCUT2D eigenvalue weighted by molar-refractivity contribution is 0.244. The Labute approximate surface area is 158 Å². The number of anilines is 1. The van der Waals surface area contributed by atoms with E-state index in [2.05, 4.69) is 15.6 Å². The zero-order chi connectivity index (χ0) is 18.5. The number of urea groups is 1. The second-order valence-corrected chi connectivity index (χ2v) is 6.91. The predicted molar refractivity (Wildman–Crippen MR) is 106 cm³/mol. The number of rotatable bonds is 4. The van der Waals surface area contributed by atoms with E-state index in [4.69, 9.17) is 4.42 Å². The summed E-state index contributed by atoms with van der Waals surface area (Å²) >= 11 is 0. The molecule has 4 rings (SSSR count). The lowest BCUT2D eigenvalue weighted by Gasteiger charge is -2.22. The average Bonchev–Trinajstić information content (AvgIpc) is 3.20. The molecule has 1 heterocycles. The molecule has 5 nitrogen and oxygen atoms in total. The predicted octanol–water partition coefficient (Wildman–Crippen LogP) is 5.46. The van der Waals surface area contributed by atoms with E-state index in [0.717, 1.165) is 35.3 Å². The minimum atomic E-state index is -0.142. The third-order valence-electron chi connectivity index (χ3n) is 4.90. The molecule has 27 heavy (non-hydrogen) atoms. The molecule has 0 unspecified atom stereocenters. The molecule has 0 saturated heterocycles. The number of amides is 2. The summed E-state index contributed by atoms with van der Waals surface area (Å²) in [5.74, 6) is 0.562. The Morgan fingerprint density at radius 1 is 0.926 bits per heavy atom. The standard InChI is InChI=1S/C22H23N3O2/c26-22(23-18-9-5-2-6-10-18)24-19-13-11-17(12-14-19)21-25-20(15-27-21)16-7-3-1-4-8-16/h1,3-4,7-8,11-15,18H,2,5-6,9-10H2,(H2,23,24,26). The molecule has 1 saturated carbocycles. The lowest BCUT2D eigenvalue weighted by atomic mass is 9.96. The van der Waals surface area contributed by atoms with Gasteiger partial charge >= 0.3 is 6.03 Å². The number of hydrogen-bond donors (Lipinski definition) is 2. The van der Waals surface area contributed by atoms with Crippen LogP contribution in [0.15, 0.2) is 65.3 Å². The zero-order valence-electron chi connectivity index (χ0n) is 15.2. The van der Waals surface area contributed by atoms with E-state index in [1.165, 1.54) is 19.3 Å². The molecular weight excluding hydrogens is 338 g/mol. The van der Waals surface area contributed by atoms with Crippen LogP contribution < -0.4 is 10.6 Å². The second kappa shape index (κ2) is 8.08. The molecule has 1 aliphatic carbocycles. The van der Waals surface area contributed by atoms with Gasteiger partial charge in [-0.1, -0.05) is 49.6 Å². The molecule has 0 radical (unpaired) electrons. The fourth-order valence-corrected chi connectivity index (χ4v) is 3.44. The number of nitrogens with one attached hydrogen (secondary N) is 2. The smallest absolute Gasteiger partial charge is 0.319 e. The molecule has 2 aromatic carbocycles. The molecule has 3 aromatic rings. The highest BCUT2D eigenvalue weighted by molar-refractivity contribution is 5.89. The first-order valence-corrected chi connectivity index (χ1v) is 9.47. The quantitative estimate of drug-likeness (QED) is 0.648. The molecule has 2 amide bonds. The fraction of sp³-hybridized carbons (Fsp3) is 0.273. The number of carbonyl (C=O) groups excluding carboxylic acids is 1. The van der Waals surface area contributed by atoms with Gasteiger partial charge in [-0.15, -0.1) is 0 Å². The average molecular weight is 361 g/mol. The van der Waals surface area contributed by atoms with Crippen LogP contribution >= 0.6 is 0 Å². The number of benzene rings is 2. The van der Waals surface area contributed by atoms with E-state index < -0.39 is 0 Å². The van der Waals surface area contributed by atoms with Gasteiger partial charge < -0.3 is 15.1 Å². The summed E-state index contributed by atoms with van der Waals surface area (Å²) in [4.78, 5) is 16.7. The maximum Gasteiger partial charge on any atom is 0.319 e. The highest BCUT2D eigenvalue weighted by Crippen LogP contribution is 2.25. The van der Waals surface area contributed by atoms with Crippen molar-refractivity contribution >= 4 is 11.7 Å². The summed E-state index contributed by atoms with van der Waals surface area (Å²) in [6.45, 7) is 0. The fourth-order valence-electron chi connectivity index (χ4n) is 3.44. The van der Waals surface area contributed by atoms with Crippen molar-refractivity contribution in [3.05, 3.63) is 60.9 Å². The van der Waals surface area contributed by atoms with E-state index in [0.29, 0.717) is 11.9 Å². The second-order valence-electron chi connectivity index (χ2n) is 6.91. The summed E-state index contributed by atoms with van der Waals surface area (Å²) in [6, 6.07) is 17.6. The summed E-state index contributed by atoms with van der Waals surface area (Å²) in [5, 5.41) is 5.95. The SMILES string of the molecule is O=C(Nc1ccc(-c2nc(-c3ccccc3)co2)cc1)NC1CCCCC1. The maximum atomic E-state index is 12.1. The van der Waals surface area contributed by atoms with Crippen LogP contribution in [0.25, 0.3) is 22.7 Å². The molecule has 1 aliphatic rings. The third-order valence-corrected chi connectivity index (χ3v) is 4.90. The summed E-state index contributed by atoms with van der Waals surface area (Å²) in [6.07, 6.45) is 7.46. The number of carbonyl (C=O) groups is 1. The first kappa shape index (κ1) is 17.3. The van der Waals surface area contributed by atoms with Gasteiger partial charge in [0, 0.05) is 22.9 Å². The topological polar surface area (TPSA) is 67.2 Å². The highest BCUT2D eigenvalue weighted by atomic mass is 16.3. The van der Waals surface area contributed by atoms with Gasteiger partial charge in [-0.05, 0) is 37.1 Å². The van der Waals surface area contributed by atoms with Crippen LogP contribution in [0.2, 0.25) is 0 Å². The van der Waals surface area contributed by atoms with Crippen molar-refractivity contribution in [1.29, 1.82) is 0 Å². The monoisotopic (exact) mass is 361 g/mol. The van der Waals surface area contributed by atoms with Gasteiger partial charge in [-0.3, -0.25) is 0 Å². The minimum Gasteiger partial charge on any atom is -0.444 e. The molecule has 0 atom stereocenters. The van der Waals surface area contributed by atoms with Gasteiger partial charge in [0.25, 0.3) is 0 Å². The first-order chi connectivity index (χ1) is 13.3. The Hall–Kier alpha value is -3.08. The Morgan fingerprint density at radius 2 is 1.67 bits per heavy atom. The zero-order valence-corrected chi connectivity index (χ0v) is 15.2. The normalized spacial score (nSPS) is 14.7. The van der Waals surface area contributed by atoms with E-state index >= 15 is 0 Å². The number of oxazole rings is 1. The van der Waals surface area contributed by atoms with Crippen molar-refractivity contribution in [3.63, 3.8) is 0 Å². The van der Waals surface area contributed by atoms with Crippen molar-refractivity contribution in [3.8, 4) is 22.7 Å². The van der Waals surface area contributed by atoms with Crippen LogP contribution in [0, 0.1) is 0 Å². The molecule has 0 aliphatic heterocycles. The van der Waals surface area contributed by atoms with Crippen LogP contribution in [0.5, 0.6) is 0 Å².